The molecule has 32 heavy (non-hydrogen) atoms. The highest BCUT2D eigenvalue weighted by Crippen LogP contribution is 2.40. The molecule has 2 saturated heterocycles. The van der Waals surface area contributed by atoms with Gasteiger partial charge in [0, 0.05) is 57.4 Å². The van der Waals surface area contributed by atoms with Crippen LogP contribution in [0.2, 0.25) is 0 Å². The van der Waals surface area contributed by atoms with Crippen molar-refractivity contribution < 1.29 is 14.4 Å². The minimum absolute atomic E-state index is 0.0290. The average Bonchev–Trinajstić information content (AvgIpc) is 3.26. The molecule has 4 N–H and O–H groups in total. The van der Waals surface area contributed by atoms with Crippen molar-refractivity contribution in [1.82, 2.24) is 19.8 Å². The molecule has 0 aromatic carbocycles. The molecular weight excluding hydrogens is 408 g/mol. The molecule has 2 aromatic heterocycles. The fraction of sp³-hybridized carbons (Fsp3) is 0.348. The van der Waals surface area contributed by atoms with Gasteiger partial charge < -0.3 is 21.3 Å². The highest BCUT2D eigenvalue weighted by Gasteiger charge is 2.41. The topological polar surface area (TPSA) is 136 Å². The van der Waals surface area contributed by atoms with Crippen LogP contribution < -0.4 is 11.5 Å². The molecule has 4 heterocycles. The fourth-order valence-corrected chi connectivity index (χ4v) is 4.37. The Morgan fingerprint density at radius 1 is 0.906 bits per heavy atom. The van der Waals surface area contributed by atoms with Gasteiger partial charge in [-0.25, -0.2) is 0 Å². The van der Waals surface area contributed by atoms with Gasteiger partial charge in [0.2, 0.25) is 17.7 Å². The summed E-state index contributed by atoms with van der Waals surface area (Å²) in [6.45, 7) is 3.94. The Labute approximate surface area is 187 Å². The Morgan fingerprint density at radius 2 is 1.38 bits per heavy atom. The van der Waals surface area contributed by atoms with E-state index in [4.69, 9.17) is 11.5 Å². The Morgan fingerprint density at radius 3 is 1.81 bits per heavy atom. The summed E-state index contributed by atoms with van der Waals surface area (Å²) in [5.74, 6) is -1.44. The van der Waals surface area contributed by atoms with E-state index in [1.54, 1.807) is 42.8 Å². The van der Waals surface area contributed by atoms with Crippen molar-refractivity contribution in [1.29, 1.82) is 0 Å². The largest absolute Gasteiger partial charge is 0.370 e. The minimum Gasteiger partial charge on any atom is -0.370 e. The fourth-order valence-electron chi connectivity index (χ4n) is 4.37. The first kappa shape index (κ1) is 22.9. The molecule has 9 nitrogen and oxygen atoms in total. The minimum atomic E-state index is -0.457. The van der Waals surface area contributed by atoms with Gasteiger partial charge in [-0.15, -0.1) is 0 Å². The van der Waals surface area contributed by atoms with Gasteiger partial charge in [-0.1, -0.05) is 18.7 Å². The Balaban J connectivity index is 0.000000181. The first-order chi connectivity index (χ1) is 15.2. The van der Waals surface area contributed by atoms with E-state index in [1.807, 2.05) is 30.1 Å². The van der Waals surface area contributed by atoms with Gasteiger partial charge in [-0.3, -0.25) is 24.4 Å². The van der Waals surface area contributed by atoms with Gasteiger partial charge in [0.05, 0.1) is 23.9 Å². The molecule has 2 aromatic rings. The monoisotopic (exact) mass is 436 g/mol. The molecule has 2 unspecified atom stereocenters. The van der Waals surface area contributed by atoms with Crippen LogP contribution in [0.4, 0.5) is 0 Å². The Hall–Kier alpha value is -3.75. The summed E-state index contributed by atoms with van der Waals surface area (Å²) in [6.07, 6.45) is 7.62. The standard InChI is InChI=1S/C12H15N3O.C11H13N3O2/c1-8-6-10(12(13)16)11(15(8)2)9-4-3-5-14-7-9;1-14-9(15)5-8(11(12)16)10(14)7-3-2-4-13-6-7/h3-5,7,10-11H,1,6H2,2H3,(H2,13,16);2-4,6,8,10H,5H2,1H3,(H2,12,16)/t10?,11-;8-,10?/m00/s1. The molecule has 2 aliphatic rings. The number of likely N-dealkylation sites (tertiary alicyclic amines) is 2. The third-order valence-corrected chi connectivity index (χ3v) is 6.12. The predicted molar refractivity (Wildman–Crippen MR) is 118 cm³/mol. The summed E-state index contributed by atoms with van der Waals surface area (Å²) >= 11 is 0. The van der Waals surface area contributed by atoms with Crippen molar-refractivity contribution in [3.05, 3.63) is 72.5 Å². The summed E-state index contributed by atoms with van der Waals surface area (Å²) in [6, 6.07) is 7.15. The number of allylic oxidation sites excluding steroid dienone is 1. The van der Waals surface area contributed by atoms with Gasteiger partial charge in [0.1, 0.15) is 0 Å². The third-order valence-electron chi connectivity index (χ3n) is 6.12. The Bertz CT molecular complexity index is 916. The number of carbonyl (C=O) groups is 3. The SMILES string of the molecule is C=C1CC(C(N)=O)[C@H](c2cccnc2)N1C.CN1C(=O)C[C@H](C(N)=O)C1c1cccnc1. The normalized spacial score (nSPS) is 24.8. The smallest absolute Gasteiger partial charge is 0.223 e. The lowest BCUT2D eigenvalue weighted by atomic mass is 9.94. The van der Waals surface area contributed by atoms with Crippen molar-refractivity contribution in [3.8, 4) is 0 Å². The number of primary amides is 2. The summed E-state index contributed by atoms with van der Waals surface area (Å²) in [4.78, 5) is 45.9. The maximum atomic E-state index is 11.6. The molecule has 168 valence electrons. The van der Waals surface area contributed by atoms with Crippen LogP contribution in [0.5, 0.6) is 0 Å². The van der Waals surface area contributed by atoms with Crippen LogP contribution in [0.15, 0.2) is 61.3 Å². The number of rotatable bonds is 4. The van der Waals surface area contributed by atoms with Crippen LogP contribution in [0.25, 0.3) is 0 Å². The van der Waals surface area contributed by atoms with Gasteiger partial charge in [0.15, 0.2) is 0 Å². The van der Waals surface area contributed by atoms with Crippen LogP contribution in [-0.2, 0) is 14.4 Å². The number of hydrogen-bond donors (Lipinski definition) is 2. The second-order valence-electron chi connectivity index (χ2n) is 8.07. The molecular formula is C23H28N6O3. The number of pyridine rings is 2. The van der Waals surface area contributed by atoms with E-state index in [-0.39, 0.29) is 36.2 Å². The lowest BCUT2D eigenvalue weighted by molar-refractivity contribution is -0.128. The van der Waals surface area contributed by atoms with Gasteiger partial charge in [-0.2, -0.15) is 0 Å². The van der Waals surface area contributed by atoms with Crippen LogP contribution in [0.1, 0.15) is 36.1 Å². The highest BCUT2D eigenvalue weighted by molar-refractivity contribution is 5.89. The predicted octanol–water partition coefficient (Wildman–Crippen LogP) is 1.16. The van der Waals surface area contributed by atoms with E-state index in [0.29, 0.717) is 6.42 Å². The molecule has 4 atom stereocenters. The molecule has 0 spiro atoms. The van der Waals surface area contributed by atoms with Crippen molar-refractivity contribution in [2.45, 2.75) is 24.9 Å². The van der Waals surface area contributed by atoms with Crippen LogP contribution >= 0.6 is 0 Å². The van der Waals surface area contributed by atoms with Gasteiger partial charge in [0.25, 0.3) is 0 Å². The molecule has 0 radical (unpaired) electrons. The lowest BCUT2D eigenvalue weighted by Gasteiger charge is -2.25. The summed E-state index contributed by atoms with van der Waals surface area (Å²) in [5, 5.41) is 0. The van der Waals surface area contributed by atoms with Crippen LogP contribution in [0, 0.1) is 11.8 Å². The molecule has 0 bridgehead atoms. The second-order valence-corrected chi connectivity index (χ2v) is 8.07. The van der Waals surface area contributed by atoms with E-state index in [1.165, 1.54) is 0 Å². The van der Waals surface area contributed by atoms with E-state index >= 15 is 0 Å². The molecule has 2 fully saturated rings. The quantitative estimate of drug-likeness (QED) is 0.738. The molecule has 3 amide bonds. The van der Waals surface area contributed by atoms with Crippen molar-refractivity contribution >= 4 is 17.7 Å². The molecule has 0 saturated carbocycles. The van der Waals surface area contributed by atoms with E-state index in [9.17, 15) is 14.4 Å². The van der Waals surface area contributed by atoms with Crippen LogP contribution in [-0.4, -0.2) is 51.6 Å². The molecule has 2 aliphatic heterocycles. The zero-order valence-electron chi connectivity index (χ0n) is 18.2. The van der Waals surface area contributed by atoms with Crippen LogP contribution in [0.3, 0.4) is 0 Å². The number of nitrogens with two attached hydrogens (primary N) is 2. The highest BCUT2D eigenvalue weighted by atomic mass is 16.2. The first-order valence-electron chi connectivity index (χ1n) is 10.3. The Kier molecular flexibility index (Phi) is 6.87. The molecule has 9 heteroatoms. The maximum absolute atomic E-state index is 11.6. The summed E-state index contributed by atoms with van der Waals surface area (Å²) in [7, 11) is 3.62. The number of carbonyl (C=O) groups excluding carboxylic acids is 3. The number of nitrogens with zero attached hydrogens (tertiary/aromatic N) is 4. The average molecular weight is 437 g/mol. The van der Waals surface area contributed by atoms with E-state index in [0.717, 1.165) is 16.8 Å². The van der Waals surface area contributed by atoms with Crippen molar-refractivity contribution in [3.63, 3.8) is 0 Å². The van der Waals surface area contributed by atoms with Gasteiger partial charge in [-0.05, 0) is 23.3 Å². The summed E-state index contributed by atoms with van der Waals surface area (Å²) < 4.78 is 0. The lowest BCUT2D eigenvalue weighted by Crippen LogP contribution is -2.30. The maximum Gasteiger partial charge on any atom is 0.223 e. The number of hydrogen-bond acceptors (Lipinski definition) is 6. The number of aromatic nitrogens is 2. The van der Waals surface area contributed by atoms with Crippen molar-refractivity contribution in [2.24, 2.45) is 23.3 Å². The third kappa shape index (κ3) is 4.61. The summed E-state index contributed by atoms with van der Waals surface area (Å²) in [5.41, 5.74) is 13.5. The zero-order valence-corrected chi connectivity index (χ0v) is 18.2. The molecule has 4 rings (SSSR count). The van der Waals surface area contributed by atoms with E-state index < -0.39 is 11.8 Å². The molecule has 0 aliphatic carbocycles. The van der Waals surface area contributed by atoms with E-state index in [2.05, 4.69) is 16.5 Å². The zero-order chi connectivity index (χ0) is 23.4. The van der Waals surface area contributed by atoms with Crippen molar-refractivity contribution in [2.75, 3.05) is 14.1 Å². The first-order valence-corrected chi connectivity index (χ1v) is 10.3. The van der Waals surface area contributed by atoms with Gasteiger partial charge >= 0.3 is 0 Å². The second kappa shape index (κ2) is 9.59. The number of amides is 3.